The molecule has 0 atom stereocenters. The standard InChI is InChI=1S/C21H22BrN5OS2/c1-14(2)8-10-27-20(16-4-6-17(22)7-5-16)25-26-21(27)30-13-19(28)24-23-12-18-15(3)9-11-29-18/h4-7,9,11-12H,1,8,10,13H2,2-3H3,(H,24,28). The van der Waals surface area contributed by atoms with Crippen LogP contribution in [-0.4, -0.2) is 32.6 Å². The van der Waals surface area contributed by atoms with Crippen LogP contribution in [0.25, 0.3) is 11.4 Å². The lowest BCUT2D eigenvalue weighted by atomic mass is 10.2. The molecule has 0 aliphatic heterocycles. The summed E-state index contributed by atoms with van der Waals surface area (Å²) in [6, 6.07) is 9.95. The van der Waals surface area contributed by atoms with Gasteiger partial charge in [-0.25, -0.2) is 5.43 Å². The van der Waals surface area contributed by atoms with Crippen molar-refractivity contribution < 1.29 is 4.79 Å². The van der Waals surface area contributed by atoms with Gasteiger partial charge in [0.05, 0.1) is 12.0 Å². The summed E-state index contributed by atoms with van der Waals surface area (Å²) >= 11 is 6.38. The Hall–Kier alpha value is -2.23. The van der Waals surface area contributed by atoms with Gasteiger partial charge in [0.25, 0.3) is 5.91 Å². The number of hydrogen-bond acceptors (Lipinski definition) is 6. The lowest BCUT2D eigenvalue weighted by Gasteiger charge is -2.10. The van der Waals surface area contributed by atoms with E-state index in [2.05, 4.69) is 43.2 Å². The molecule has 0 fully saturated rings. The van der Waals surface area contributed by atoms with E-state index >= 15 is 0 Å². The number of nitrogens with one attached hydrogen (secondary N) is 1. The molecule has 0 saturated heterocycles. The first-order valence-corrected chi connectivity index (χ1v) is 11.9. The van der Waals surface area contributed by atoms with Crippen LogP contribution in [-0.2, 0) is 11.3 Å². The zero-order chi connectivity index (χ0) is 21.5. The second kappa shape index (κ2) is 10.7. The maximum Gasteiger partial charge on any atom is 0.250 e. The molecule has 3 rings (SSSR count). The van der Waals surface area contributed by atoms with Crippen LogP contribution in [0, 0.1) is 6.92 Å². The number of rotatable bonds is 9. The number of thiophene rings is 1. The van der Waals surface area contributed by atoms with Crippen LogP contribution in [0.5, 0.6) is 0 Å². The SMILES string of the molecule is C=C(C)CCn1c(SCC(=O)NN=Cc2sccc2C)nnc1-c1ccc(Br)cc1. The Labute approximate surface area is 192 Å². The Balaban J connectivity index is 1.67. The quantitative estimate of drug-likeness (QED) is 0.186. The van der Waals surface area contributed by atoms with Gasteiger partial charge in [-0.3, -0.25) is 4.79 Å². The highest BCUT2D eigenvalue weighted by Gasteiger charge is 2.15. The van der Waals surface area contributed by atoms with Gasteiger partial charge in [0.1, 0.15) is 0 Å². The summed E-state index contributed by atoms with van der Waals surface area (Å²) in [4.78, 5) is 13.2. The second-order valence-corrected chi connectivity index (χ2v) is 9.53. The Morgan fingerprint density at radius 1 is 1.33 bits per heavy atom. The number of carbonyl (C=O) groups excluding carboxylic acids is 1. The van der Waals surface area contributed by atoms with Crippen molar-refractivity contribution >= 4 is 51.2 Å². The summed E-state index contributed by atoms with van der Waals surface area (Å²) in [6.07, 6.45) is 2.48. The van der Waals surface area contributed by atoms with Crippen LogP contribution < -0.4 is 5.43 Å². The Kier molecular flexibility index (Phi) is 8.01. The van der Waals surface area contributed by atoms with Crippen LogP contribution >= 0.6 is 39.0 Å². The molecule has 0 saturated carbocycles. The molecule has 0 unspecified atom stereocenters. The smallest absolute Gasteiger partial charge is 0.250 e. The van der Waals surface area contributed by atoms with Gasteiger partial charge in [0.15, 0.2) is 11.0 Å². The summed E-state index contributed by atoms with van der Waals surface area (Å²) in [6.45, 7) is 8.70. The fourth-order valence-electron chi connectivity index (χ4n) is 2.55. The highest BCUT2D eigenvalue weighted by Crippen LogP contribution is 2.26. The molecule has 0 aliphatic carbocycles. The number of halogens is 1. The third kappa shape index (κ3) is 6.13. The number of aryl methyl sites for hydroxylation is 1. The number of amides is 1. The van der Waals surface area contributed by atoms with E-state index in [4.69, 9.17) is 0 Å². The predicted molar refractivity (Wildman–Crippen MR) is 128 cm³/mol. The van der Waals surface area contributed by atoms with E-state index < -0.39 is 0 Å². The van der Waals surface area contributed by atoms with Crippen LogP contribution in [0.15, 0.2) is 62.6 Å². The highest BCUT2D eigenvalue weighted by molar-refractivity contribution is 9.10. The van der Waals surface area contributed by atoms with Crippen LogP contribution in [0.2, 0.25) is 0 Å². The van der Waals surface area contributed by atoms with Crippen molar-refractivity contribution in [2.45, 2.75) is 32.0 Å². The molecule has 3 aromatic rings. The molecule has 0 spiro atoms. The average molecular weight is 504 g/mol. The average Bonchev–Trinajstić information content (AvgIpc) is 3.31. The van der Waals surface area contributed by atoms with Gasteiger partial charge in [-0.2, -0.15) is 5.10 Å². The lowest BCUT2D eigenvalue weighted by molar-refractivity contribution is -0.118. The van der Waals surface area contributed by atoms with E-state index in [-0.39, 0.29) is 11.7 Å². The molecule has 2 aromatic heterocycles. The maximum absolute atomic E-state index is 12.2. The predicted octanol–water partition coefficient (Wildman–Crippen LogP) is 5.29. The lowest BCUT2D eigenvalue weighted by Crippen LogP contribution is -2.20. The molecule has 0 bridgehead atoms. The Bertz CT molecular complexity index is 1060. The van der Waals surface area contributed by atoms with Crippen LogP contribution in [0.1, 0.15) is 23.8 Å². The third-order valence-electron chi connectivity index (χ3n) is 4.19. The number of benzene rings is 1. The molecular weight excluding hydrogens is 482 g/mol. The Morgan fingerprint density at radius 3 is 2.77 bits per heavy atom. The monoisotopic (exact) mass is 503 g/mol. The molecule has 1 N–H and O–H groups in total. The van der Waals surface area contributed by atoms with Gasteiger partial charge >= 0.3 is 0 Å². The zero-order valence-electron chi connectivity index (χ0n) is 16.8. The minimum absolute atomic E-state index is 0.190. The molecule has 156 valence electrons. The normalized spacial score (nSPS) is 11.2. The van der Waals surface area contributed by atoms with Crippen molar-refractivity contribution in [1.82, 2.24) is 20.2 Å². The first-order valence-electron chi connectivity index (χ1n) is 9.26. The minimum atomic E-state index is -0.190. The van der Waals surface area contributed by atoms with Crippen molar-refractivity contribution in [3.05, 3.63) is 62.8 Å². The maximum atomic E-state index is 12.2. The van der Waals surface area contributed by atoms with Gasteiger partial charge in [-0.1, -0.05) is 45.4 Å². The van der Waals surface area contributed by atoms with Gasteiger partial charge in [0, 0.05) is 21.5 Å². The van der Waals surface area contributed by atoms with Crippen LogP contribution in [0.3, 0.4) is 0 Å². The molecule has 30 heavy (non-hydrogen) atoms. The van der Waals surface area contributed by atoms with E-state index in [0.29, 0.717) is 11.7 Å². The number of aromatic nitrogens is 3. The minimum Gasteiger partial charge on any atom is -0.302 e. The molecule has 0 aliphatic rings. The summed E-state index contributed by atoms with van der Waals surface area (Å²) in [5.41, 5.74) is 5.76. The number of hydrogen-bond donors (Lipinski definition) is 1. The largest absolute Gasteiger partial charge is 0.302 e. The van der Waals surface area contributed by atoms with Crippen LogP contribution in [0.4, 0.5) is 0 Å². The molecule has 2 heterocycles. The third-order valence-corrected chi connectivity index (χ3v) is 6.64. The molecular formula is C21H22BrN5OS2. The first kappa shape index (κ1) is 22.5. The number of thioether (sulfide) groups is 1. The van der Waals surface area contributed by atoms with Gasteiger partial charge in [0.2, 0.25) is 0 Å². The summed E-state index contributed by atoms with van der Waals surface area (Å²) in [7, 11) is 0. The van der Waals surface area contributed by atoms with Crippen molar-refractivity contribution in [2.75, 3.05) is 5.75 Å². The number of allylic oxidation sites excluding steroid dienone is 1. The van der Waals surface area contributed by atoms with E-state index in [1.54, 1.807) is 17.6 Å². The summed E-state index contributed by atoms with van der Waals surface area (Å²) in [5, 5.41) is 15.4. The molecule has 6 nitrogen and oxygen atoms in total. The van der Waals surface area contributed by atoms with E-state index in [1.807, 2.05) is 54.1 Å². The van der Waals surface area contributed by atoms with Gasteiger partial charge < -0.3 is 4.57 Å². The molecule has 9 heteroatoms. The Morgan fingerprint density at radius 2 is 2.10 bits per heavy atom. The van der Waals surface area contributed by atoms with Gasteiger partial charge in [-0.15, -0.1) is 28.1 Å². The fraction of sp³-hybridized carbons (Fsp3) is 0.238. The summed E-state index contributed by atoms with van der Waals surface area (Å²) in [5.74, 6) is 0.787. The molecule has 1 amide bonds. The van der Waals surface area contributed by atoms with Crippen molar-refractivity contribution in [3.63, 3.8) is 0 Å². The fourth-order valence-corrected chi connectivity index (χ4v) is 4.36. The van der Waals surface area contributed by atoms with E-state index in [9.17, 15) is 4.79 Å². The van der Waals surface area contributed by atoms with E-state index in [0.717, 1.165) is 38.3 Å². The number of hydrazone groups is 1. The van der Waals surface area contributed by atoms with Gasteiger partial charge in [-0.05, 0) is 49.4 Å². The first-order chi connectivity index (χ1) is 14.4. The molecule has 0 radical (unpaired) electrons. The zero-order valence-corrected chi connectivity index (χ0v) is 20.0. The van der Waals surface area contributed by atoms with Crippen molar-refractivity contribution in [3.8, 4) is 11.4 Å². The molecule has 1 aromatic carbocycles. The highest BCUT2D eigenvalue weighted by atomic mass is 79.9. The second-order valence-electron chi connectivity index (χ2n) is 6.72. The number of nitrogens with zero attached hydrogens (tertiary/aromatic N) is 4. The van der Waals surface area contributed by atoms with Crippen molar-refractivity contribution in [2.24, 2.45) is 5.10 Å². The topological polar surface area (TPSA) is 72.2 Å². The summed E-state index contributed by atoms with van der Waals surface area (Å²) < 4.78 is 3.04. The van der Waals surface area contributed by atoms with E-state index in [1.165, 1.54) is 11.8 Å². The van der Waals surface area contributed by atoms with Crippen molar-refractivity contribution in [1.29, 1.82) is 0 Å². The number of carbonyl (C=O) groups is 1.